The lowest BCUT2D eigenvalue weighted by atomic mass is 10.1. The molecule has 0 spiro atoms. The fourth-order valence-corrected chi connectivity index (χ4v) is 2.31. The standard InChI is InChI=1S/C13H12N2O2.ClH/c1-17-13(16)15-7-6-10-9-4-2-3-5-11(9)14-12(10)8-15;/h2-5,8H,6-7H2,1H3;1H. The van der Waals surface area contributed by atoms with Gasteiger partial charge in [0.15, 0.2) is 12.8 Å². The van der Waals surface area contributed by atoms with Crippen LogP contribution in [0.1, 0.15) is 11.3 Å². The van der Waals surface area contributed by atoms with Crippen LogP contribution in [0.25, 0.3) is 10.9 Å². The molecule has 0 atom stereocenters. The van der Waals surface area contributed by atoms with Gasteiger partial charge in [-0.05, 0) is 11.6 Å². The van der Waals surface area contributed by atoms with Gasteiger partial charge in [0, 0.05) is 17.3 Å². The van der Waals surface area contributed by atoms with Crippen molar-refractivity contribution in [2.24, 2.45) is 0 Å². The molecule has 18 heavy (non-hydrogen) atoms. The van der Waals surface area contributed by atoms with Crippen LogP contribution in [-0.4, -0.2) is 35.5 Å². The molecule has 4 nitrogen and oxygen atoms in total. The topological polar surface area (TPSA) is 45.1 Å². The first-order chi connectivity index (χ1) is 8.29. The Kier molecular flexibility index (Phi) is 3.39. The number of nitrogens with one attached hydrogen (secondary N) is 1. The Morgan fingerprint density at radius 1 is 1.39 bits per heavy atom. The third-order valence-corrected chi connectivity index (χ3v) is 3.14. The summed E-state index contributed by atoms with van der Waals surface area (Å²) in [6.07, 6.45) is 2.37. The third kappa shape index (κ3) is 1.88. The van der Waals surface area contributed by atoms with Crippen LogP contribution < -0.4 is 12.4 Å². The Bertz CT molecular complexity index is 631. The van der Waals surface area contributed by atoms with Crippen LogP contribution in [0.5, 0.6) is 0 Å². The van der Waals surface area contributed by atoms with Gasteiger partial charge >= 0.3 is 6.09 Å². The van der Waals surface area contributed by atoms with E-state index in [4.69, 9.17) is 4.74 Å². The van der Waals surface area contributed by atoms with Crippen molar-refractivity contribution in [3.63, 3.8) is 0 Å². The highest BCUT2D eigenvalue weighted by atomic mass is 35.5. The SMILES string of the molecule is COC(=O)[N+]1=Cc2[nH]c3ccccc3c2CC1.[Cl-]. The minimum absolute atomic E-state index is 0. The molecule has 1 aliphatic rings. The summed E-state index contributed by atoms with van der Waals surface area (Å²) in [4.78, 5) is 14.8. The maximum Gasteiger partial charge on any atom is 0.596 e. The summed E-state index contributed by atoms with van der Waals surface area (Å²) in [7, 11) is 1.40. The molecule has 0 saturated carbocycles. The van der Waals surface area contributed by atoms with E-state index in [9.17, 15) is 4.79 Å². The number of aromatic nitrogens is 1. The zero-order valence-corrected chi connectivity index (χ0v) is 10.7. The number of benzene rings is 1. The maximum absolute atomic E-state index is 11.5. The third-order valence-electron chi connectivity index (χ3n) is 3.14. The van der Waals surface area contributed by atoms with Crippen LogP contribution in [0, 0.1) is 0 Å². The molecule has 0 unspecified atom stereocenters. The summed E-state index contributed by atoms with van der Waals surface area (Å²) in [6.45, 7) is 0.668. The maximum atomic E-state index is 11.5. The van der Waals surface area contributed by atoms with Crippen LogP contribution in [0.3, 0.4) is 0 Å². The lowest BCUT2D eigenvalue weighted by molar-refractivity contribution is -0.441. The van der Waals surface area contributed by atoms with Crippen molar-refractivity contribution in [3.05, 3.63) is 35.5 Å². The van der Waals surface area contributed by atoms with Crippen molar-refractivity contribution < 1.29 is 26.5 Å². The second kappa shape index (κ2) is 4.82. The highest BCUT2D eigenvalue weighted by Crippen LogP contribution is 2.23. The number of halogens is 1. The number of carbonyl (C=O) groups is 1. The summed E-state index contributed by atoms with van der Waals surface area (Å²) in [5, 5.41) is 1.24. The first kappa shape index (κ1) is 12.6. The number of para-hydroxylation sites is 1. The van der Waals surface area contributed by atoms with Gasteiger partial charge in [0.1, 0.15) is 5.69 Å². The van der Waals surface area contributed by atoms with Crippen molar-refractivity contribution in [3.8, 4) is 0 Å². The lowest BCUT2D eigenvalue weighted by Gasteiger charge is -2.06. The number of methoxy groups -OCH3 is 1. The number of rotatable bonds is 0. The normalized spacial score (nSPS) is 13.5. The summed E-state index contributed by atoms with van der Waals surface area (Å²) < 4.78 is 6.32. The minimum Gasteiger partial charge on any atom is -1.00 e. The Balaban J connectivity index is 0.00000120. The lowest BCUT2D eigenvalue weighted by Crippen LogP contribution is -3.00. The van der Waals surface area contributed by atoms with Crippen LogP contribution in [0.4, 0.5) is 4.79 Å². The molecule has 1 amide bonds. The number of fused-ring (bicyclic) bond motifs is 3. The smallest absolute Gasteiger partial charge is 0.596 e. The monoisotopic (exact) mass is 264 g/mol. The molecular weight excluding hydrogens is 252 g/mol. The molecule has 1 aromatic carbocycles. The van der Waals surface area contributed by atoms with Crippen LogP contribution >= 0.6 is 0 Å². The van der Waals surface area contributed by atoms with E-state index in [1.165, 1.54) is 18.1 Å². The minimum atomic E-state index is -0.311. The molecule has 0 bridgehead atoms. The van der Waals surface area contributed by atoms with E-state index in [0.717, 1.165) is 17.6 Å². The van der Waals surface area contributed by atoms with Gasteiger partial charge in [0.2, 0.25) is 0 Å². The first-order valence-electron chi connectivity index (χ1n) is 5.58. The number of amides is 1. The van der Waals surface area contributed by atoms with Gasteiger partial charge in [-0.15, -0.1) is 4.58 Å². The molecule has 0 aliphatic carbocycles. The van der Waals surface area contributed by atoms with E-state index < -0.39 is 0 Å². The zero-order valence-electron chi connectivity index (χ0n) is 9.94. The van der Waals surface area contributed by atoms with Crippen molar-refractivity contribution in [1.82, 2.24) is 4.98 Å². The van der Waals surface area contributed by atoms with Crippen molar-refractivity contribution in [1.29, 1.82) is 0 Å². The van der Waals surface area contributed by atoms with Gasteiger partial charge in [0.25, 0.3) is 0 Å². The summed E-state index contributed by atoms with van der Waals surface area (Å²) >= 11 is 0. The van der Waals surface area contributed by atoms with Crippen molar-refractivity contribution in [2.75, 3.05) is 13.7 Å². The molecule has 2 aromatic rings. The Morgan fingerprint density at radius 2 is 2.17 bits per heavy atom. The zero-order chi connectivity index (χ0) is 11.8. The average Bonchev–Trinajstić information content (AvgIpc) is 2.75. The number of carbonyl (C=O) groups excluding carboxylic acids is 1. The summed E-state index contributed by atoms with van der Waals surface area (Å²) in [5.41, 5.74) is 3.39. The molecule has 0 radical (unpaired) electrons. The summed E-state index contributed by atoms with van der Waals surface area (Å²) in [5.74, 6) is 0. The second-order valence-electron chi connectivity index (χ2n) is 4.11. The van der Waals surface area contributed by atoms with Gasteiger partial charge in [-0.3, -0.25) is 0 Å². The fourth-order valence-electron chi connectivity index (χ4n) is 2.31. The summed E-state index contributed by atoms with van der Waals surface area (Å²) in [6, 6.07) is 8.18. The molecule has 1 aliphatic heterocycles. The highest BCUT2D eigenvalue weighted by molar-refractivity contribution is 5.93. The quantitative estimate of drug-likeness (QED) is 0.616. The molecule has 0 fully saturated rings. The Hall–Kier alpha value is -1.81. The molecular formula is C13H13ClN2O2. The predicted octanol–water partition coefficient (Wildman–Crippen LogP) is -1.07. The van der Waals surface area contributed by atoms with E-state index in [0.29, 0.717) is 6.54 Å². The Morgan fingerprint density at radius 3 is 2.94 bits per heavy atom. The predicted molar refractivity (Wildman–Crippen MR) is 64.7 cm³/mol. The van der Waals surface area contributed by atoms with Crippen LogP contribution in [0.2, 0.25) is 0 Å². The number of H-pyrrole nitrogens is 1. The average molecular weight is 265 g/mol. The molecule has 1 N–H and O–H groups in total. The van der Waals surface area contributed by atoms with Gasteiger partial charge < -0.3 is 22.1 Å². The number of aromatic amines is 1. The molecule has 5 heteroatoms. The van der Waals surface area contributed by atoms with E-state index in [-0.39, 0.29) is 18.5 Å². The van der Waals surface area contributed by atoms with Crippen LogP contribution in [-0.2, 0) is 11.2 Å². The largest absolute Gasteiger partial charge is 1.00 e. The number of ether oxygens (including phenoxy) is 1. The van der Waals surface area contributed by atoms with Gasteiger partial charge in [0.05, 0.1) is 7.11 Å². The molecule has 94 valence electrons. The van der Waals surface area contributed by atoms with E-state index >= 15 is 0 Å². The van der Waals surface area contributed by atoms with Crippen molar-refractivity contribution >= 4 is 23.2 Å². The van der Waals surface area contributed by atoms with Crippen LogP contribution in [0.15, 0.2) is 24.3 Å². The van der Waals surface area contributed by atoms with Gasteiger partial charge in [-0.1, -0.05) is 18.2 Å². The number of nitrogens with zero attached hydrogens (tertiary/aromatic N) is 1. The van der Waals surface area contributed by atoms with Crippen molar-refractivity contribution in [2.45, 2.75) is 6.42 Å². The molecule has 3 rings (SSSR count). The van der Waals surface area contributed by atoms with E-state index in [2.05, 4.69) is 11.1 Å². The van der Waals surface area contributed by atoms with E-state index in [1.807, 2.05) is 24.4 Å². The molecule has 1 aromatic heterocycles. The highest BCUT2D eigenvalue weighted by Gasteiger charge is 2.25. The second-order valence-corrected chi connectivity index (χ2v) is 4.11. The number of hydrogen-bond donors (Lipinski definition) is 1. The molecule has 2 heterocycles. The first-order valence-corrected chi connectivity index (χ1v) is 5.58. The fraction of sp³-hybridized carbons (Fsp3) is 0.231. The van der Waals surface area contributed by atoms with Gasteiger partial charge in [-0.25, -0.2) is 0 Å². The number of hydrogen-bond acceptors (Lipinski definition) is 2. The van der Waals surface area contributed by atoms with E-state index in [1.54, 1.807) is 4.58 Å². The molecule has 0 saturated heterocycles. The van der Waals surface area contributed by atoms with Gasteiger partial charge in [-0.2, -0.15) is 4.79 Å². The Labute approximate surface area is 111 Å².